The number of rotatable bonds is 4. The molecule has 0 saturated carbocycles. The standard InChI is InChI=1S/C13H18ClN3O2/c1-4-13(3,11(15)17-19)12(18)16-10-8(2)6-5-7-9(10)14/h5-7,19H,4H2,1-3H3,(H2,15,17)(H,16,18). The molecule has 0 spiro atoms. The normalized spacial score (nSPS) is 14.8. The third kappa shape index (κ3) is 2.98. The Morgan fingerprint density at radius 3 is 2.68 bits per heavy atom. The zero-order valence-corrected chi connectivity index (χ0v) is 12.0. The van der Waals surface area contributed by atoms with Gasteiger partial charge in [0, 0.05) is 0 Å². The monoisotopic (exact) mass is 283 g/mol. The van der Waals surface area contributed by atoms with Crippen molar-refractivity contribution in [2.45, 2.75) is 27.2 Å². The number of benzene rings is 1. The van der Waals surface area contributed by atoms with E-state index in [0.717, 1.165) is 5.56 Å². The highest BCUT2D eigenvalue weighted by Gasteiger charge is 2.36. The molecule has 5 nitrogen and oxygen atoms in total. The Balaban J connectivity index is 3.09. The van der Waals surface area contributed by atoms with E-state index in [-0.39, 0.29) is 11.7 Å². The first-order valence-corrected chi connectivity index (χ1v) is 6.29. The highest BCUT2D eigenvalue weighted by atomic mass is 35.5. The molecule has 0 heterocycles. The van der Waals surface area contributed by atoms with Crippen molar-refractivity contribution in [1.29, 1.82) is 0 Å². The lowest BCUT2D eigenvalue weighted by atomic mass is 9.85. The van der Waals surface area contributed by atoms with Gasteiger partial charge in [0.2, 0.25) is 5.91 Å². The van der Waals surface area contributed by atoms with Crippen LogP contribution in [0, 0.1) is 12.3 Å². The molecule has 1 aromatic rings. The van der Waals surface area contributed by atoms with Gasteiger partial charge in [-0.1, -0.05) is 35.8 Å². The van der Waals surface area contributed by atoms with Crippen LogP contribution in [0.2, 0.25) is 5.02 Å². The average molecular weight is 284 g/mol. The van der Waals surface area contributed by atoms with Gasteiger partial charge in [-0.15, -0.1) is 0 Å². The summed E-state index contributed by atoms with van der Waals surface area (Å²) in [4.78, 5) is 12.3. The number of anilines is 1. The van der Waals surface area contributed by atoms with Gasteiger partial charge in [0.25, 0.3) is 0 Å². The van der Waals surface area contributed by atoms with Crippen LogP contribution in [0.1, 0.15) is 25.8 Å². The van der Waals surface area contributed by atoms with E-state index in [9.17, 15) is 4.79 Å². The van der Waals surface area contributed by atoms with Crippen LogP contribution in [0.3, 0.4) is 0 Å². The number of nitrogens with two attached hydrogens (primary N) is 1. The molecule has 0 aromatic heterocycles. The van der Waals surface area contributed by atoms with Gasteiger partial charge in [0.05, 0.1) is 10.7 Å². The third-order valence-electron chi connectivity index (χ3n) is 3.34. The van der Waals surface area contributed by atoms with Crippen molar-refractivity contribution >= 4 is 29.0 Å². The van der Waals surface area contributed by atoms with E-state index in [1.165, 1.54) is 0 Å². The number of amidine groups is 1. The molecule has 104 valence electrons. The largest absolute Gasteiger partial charge is 0.409 e. The fraction of sp³-hybridized carbons (Fsp3) is 0.385. The number of aryl methyl sites for hydroxylation is 1. The Morgan fingerprint density at radius 2 is 2.21 bits per heavy atom. The molecule has 19 heavy (non-hydrogen) atoms. The summed E-state index contributed by atoms with van der Waals surface area (Å²) in [5, 5.41) is 14.9. The second-order valence-electron chi connectivity index (χ2n) is 4.56. The number of amides is 1. The zero-order valence-electron chi connectivity index (χ0n) is 11.2. The summed E-state index contributed by atoms with van der Waals surface area (Å²) in [5.74, 6) is -0.487. The average Bonchev–Trinajstić information content (AvgIpc) is 2.40. The van der Waals surface area contributed by atoms with E-state index in [1.807, 2.05) is 13.0 Å². The van der Waals surface area contributed by atoms with Gasteiger partial charge in [-0.25, -0.2) is 0 Å². The smallest absolute Gasteiger partial charge is 0.238 e. The lowest BCUT2D eigenvalue weighted by molar-refractivity contribution is -0.121. The maximum atomic E-state index is 12.3. The molecule has 0 aliphatic rings. The molecule has 1 unspecified atom stereocenters. The van der Waals surface area contributed by atoms with Crippen molar-refractivity contribution in [2.75, 3.05) is 5.32 Å². The molecular weight excluding hydrogens is 266 g/mol. The van der Waals surface area contributed by atoms with Crippen LogP contribution in [0.15, 0.2) is 23.4 Å². The molecule has 0 fully saturated rings. The van der Waals surface area contributed by atoms with Gasteiger partial charge in [-0.2, -0.15) is 0 Å². The fourth-order valence-electron chi connectivity index (χ4n) is 1.61. The lowest BCUT2D eigenvalue weighted by Gasteiger charge is -2.26. The summed E-state index contributed by atoms with van der Waals surface area (Å²) in [6, 6.07) is 5.33. The molecular formula is C13H18ClN3O2. The van der Waals surface area contributed by atoms with Crippen molar-refractivity contribution in [2.24, 2.45) is 16.3 Å². The van der Waals surface area contributed by atoms with Crippen LogP contribution in [0.5, 0.6) is 0 Å². The topological polar surface area (TPSA) is 87.7 Å². The number of oxime groups is 1. The SMILES string of the molecule is CCC(C)(C(=O)Nc1c(C)cccc1Cl)/C(N)=N/O. The van der Waals surface area contributed by atoms with Gasteiger partial charge in [0.1, 0.15) is 5.41 Å². The first-order valence-electron chi connectivity index (χ1n) is 5.91. The molecule has 6 heteroatoms. The van der Waals surface area contributed by atoms with E-state index in [0.29, 0.717) is 17.1 Å². The molecule has 0 aliphatic carbocycles. The van der Waals surface area contributed by atoms with Crippen molar-refractivity contribution in [3.05, 3.63) is 28.8 Å². The Hall–Kier alpha value is -1.75. The Bertz CT molecular complexity index is 496. The molecule has 0 saturated heterocycles. The lowest BCUT2D eigenvalue weighted by Crippen LogP contribution is -2.44. The van der Waals surface area contributed by atoms with Gasteiger partial charge < -0.3 is 16.3 Å². The second-order valence-corrected chi connectivity index (χ2v) is 4.96. The van der Waals surface area contributed by atoms with Crippen LogP contribution >= 0.6 is 11.6 Å². The van der Waals surface area contributed by atoms with Gasteiger partial charge in [-0.3, -0.25) is 4.79 Å². The maximum absolute atomic E-state index is 12.3. The first-order chi connectivity index (χ1) is 8.86. The molecule has 0 bridgehead atoms. The van der Waals surface area contributed by atoms with Gasteiger partial charge >= 0.3 is 0 Å². The Labute approximate surface area is 117 Å². The van der Waals surface area contributed by atoms with Crippen molar-refractivity contribution < 1.29 is 10.0 Å². The molecule has 1 rings (SSSR count). The quantitative estimate of drug-likeness (QED) is 0.344. The number of carbonyl (C=O) groups is 1. The predicted molar refractivity (Wildman–Crippen MR) is 76.6 cm³/mol. The second kappa shape index (κ2) is 5.93. The molecule has 4 N–H and O–H groups in total. The number of nitrogens with one attached hydrogen (secondary N) is 1. The van der Waals surface area contributed by atoms with E-state index < -0.39 is 5.41 Å². The first kappa shape index (κ1) is 15.3. The highest BCUT2D eigenvalue weighted by molar-refractivity contribution is 6.34. The number of hydrogen-bond donors (Lipinski definition) is 3. The summed E-state index contributed by atoms with van der Waals surface area (Å²) >= 11 is 6.05. The molecule has 1 atom stereocenters. The Morgan fingerprint density at radius 1 is 1.58 bits per heavy atom. The van der Waals surface area contributed by atoms with Crippen LogP contribution in [0.25, 0.3) is 0 Å². The summed E-state index contributed by atoms with van der Waals surface area (Å²) < 4.78 is 0. The van der Waals surface area contributed by atoms with Gasteiger partial charge in [-0.05, 0) is 31.9 Å². The number of para-hydroxylation sites is 1. The number of hydrogen-bond acceptors (Lipinski definition) is 3. The van der Waals surface area contributed by atoms with Crippen LogP contribution < -0.4 is 11.1 Å². The van der Waals surface area contributed by atoms with E-state index >= 15 is 0 Å². The molecule has 1 aromatic carbocycles. The zero-order chi connectivity index (χ0) is 14.6. The summed E-state index contributed by atoms with van der Waals surface area (Å²) in [5.41, 5.74) is 5.90. The van der Waals surface area contributed by atoms with Crippen molar-refractivity contribution in [3.8, 4) is 0 Å². The molecule has 1 amide bonds. The minimum Gasteiger partial charge on any atom is -0.409 e. The van der Waals surface area contributed by atoms with E-state index in [1.54, 1.807) is 26.0 Å². The molecule has 0 radical (unpaired) electrons. The summed E-state index contributed by atoms with van der Waals surface area (Å²) in [6.07, 6.45) is 0.401. The van der Waals surface area contributed by atoms with E-state index in [2.05, 4.69) is 10.5 Å². The van der Waals surface area contributed by atoms with Gasteiger partial charge in [0.15, 0.2) is 5.84 Å². The highest BCUT2D eigenvalue weighted by Crippen LogP contribution is 2.29. The van der Waals surface area contributed by atoms with Crippen LogP contribution in [-0.2, 0) is 4.79 Å². The number of halogens is 1. The van der Waals surface area contributed by atoms with Crippen LogP contribution in [-0.4, -0.2) is 17.0 Å². The third-order valence-corrected chi connectivity index (χ3v) is 3.66. The molecule has 0 aliphatic heterocycles. The Kier molecular flexibility index (Phi) is 4.78. The van der Waals surface area contributed by atoms with Crippen LogP contribution in [0.4, 0.5) is 5.69 Å². The number of nitrogens with zero attached hydrogens (tertiary/aromatic N) is 1. The maximum Gasteiger partial charge on any atom is 0.238 e. The minimum atomic E-state index is -1.08. The number of carbonyl (C=O) groups excluding carboxylic acids is 1. The fourth-order valence-corrected chi connectivity index (χ4v) is 1.88. The summed E-state index contributed by atoms with van der Waals surface area (Å²) in [6.45, 7) is 5.24. The van der Waals surface area contributed by atoms with E-state index in [4.69, 9.17) is 22.5 Å². The predicted octanol–water partition coefficient (Wildman–Crippen LogP) is 2.75. The summed E-state index contributed by atoms with van der Waals surface area (Å²) in [7, 11) is 0. The van der Waals surface area contributed by atoms with Crippen molar-refractivity contribution in [3.63, 3.8) is 0 Å². The minimum absolute atomic E-state index is 0.128. The van der Waals surface area contributed by atoms with Crippen molar-refractivity contribution in [1.82, 2.24) is 0 Å².